The Morgan fingerprint density at radius 1 is 0.667 bits per heavy atom. The molecule has 6 saturated carbocycles. The number of hydrogen-bond donors (Lipinski definition) is 4. The summed E-state index contributed by atoms with van der Waals surface area (Å²) in [5.74, 6) is 6.43. The average Bonchev–Trinajstić information content (AvgIpc) is 4.10. The summed E-state index contributed by atoms with van der Waals surface area (Å²) in [4.78, 5) is 9.90. The summed E-state index contributed by atoms with van der Waals surface area (Å²) in [6, 6.07) is 21.5. The normalized spacial score (nSPS) is 31.9. The van der Waals surface area contributed by atoms with Gasteiger partial charge in [0.2, 0.25) is 11.8 Å². The van der Waals surface area contributed by atoms with Gasteiger partial charge in [0.25, 0.3) is 0 Å². The van der Waals surface area contributed by atoms with Crippen molar-refractivity contribution in [2.24, 2.45) is 17.6 Å². The van der Waals surface area contributed by atoms with Gasteiger partial charge < -0.3 is 30.7 Å². The quantitative estimate of drug-likeness (QED) is 0.0932. The summed E-state index contributed by atoms with van der Waals surface area (Å²) in [7, 11) is 0. The largest absolute Gasteiger partial charge is 0.385 e. The molecule has 54 heavy (non-hydrogen) atoms. The molecule has 5 N–H and O–H groups in total. The molecule has 0 unspecified atom stereocenters. The Balaban J connectivity index is 0.651. The van der Waals surface area contributed by atoms with E-state index in [1.165, 1.54) is 55.3 Å². The van der Waals surface area contributed by atoms with Crippen LogP contribution in [0.25, 0.3) is 0 Å². The highest BCUT2D eigenvalue weighted by Gasteiger charge is 2.51. The Hall–Kier alpha value is -3.60. The molecule has 10 nitrogen and oxygen atoms in total. The molecular formula is C44H58N8O2. The van der Waals surface area contributed by atoms with Crippen LogP contribution in [0.5, 0.6) is 0 Å². The van der Waals surface area contributed by atoms with Crippen LogP contribution < -0.4 is 21.7 Å². The van der Waals surface area contributed by atoms with E-state index in [1.54, 1.807) is 0 Å². The van der Waals surface area contributed by atoms with Crippen molar-refractivity contribution in [3.8, 4) is 0 Å². The summed E-state index contributed by atoms with van der Waals surface area (Å²) < 4.78 is 11.7. The highest BCUT2D eigenvalue weighted by Crippen LogP contribution is 2.50. The van der Waals surface area contributed by atoms with Crippen LogP contribution in [-0.2, 0) is 17.3 Å². The molecule has 286 valence electrons. The molecule has 10 rings (SSSR count). The number of rotatable bonds is 16. The van der Waals surface area contributed by atoms with E-state index in [4.69, 9.17) is 24.7 Å². The lowest BCUT2D eigenvalue weighted by molar-refractivity contribution is 0.276. The topological polar surface area (TPSA) is 140 Å². The molecule has 0 spiro atoms. The molecule has 2 aromatic carbocycles. The zero-order chi connectivity index (χ0) is 36.1. The zero-order valence-corrected chi connectivity index (χ0v) is 31.7. The number of benzene rings is 2. The summed E-state index contributed by atoms with van der Waals surface area (Å²) in [5, 5.41) is 20.5. The fourth-order valence-corrected chi connectivity index (χ4v) is 9.76. The molecular weight excluding hydrogens is 673 g/mol. The predicted octanol–water partition coefficient (Wildman–Crippen LogP) is 7.25. The fourth-order valence-electron chi connectivity index (χ4n) is 9.76. The molecule has 6 fully saturated rings. The molecule has 4 atom stereocenters. The van der Waals surface area contributed by atoms with Gasteiger partial charge >= 0.3 is 0 Å². The van der Waals surface area contributed by atoms with Crippen molar-refractivity contribution in [2.45, 2.75) is 143 Å². The number of anilines is 1. The summed E-state index contributed by atoms with van der Waals surface area (Å²) in [6.07, 6.45) is 17.1. The van der Waals surface area contributed by atoms with E-state index in [1.807, 2.05) is 0 Å². The third-order valence-electron chi connectivity index (χ3n) is 14.2. The Bertz CT molecular complexity index is 1870. The zero-order valence-electron chi connectivity index (χ0n) is 31.7. The first-order chi connectivity index (χ1) is 26.5. The molecule has 6 aliphatic rings. The van der Waals surface area contributed by atoms with Gasteiger partial charge in [-0.1, -0.05) is 52.8 Å². The van der Waals surface area contributed by atoms with E-state index in [2.05, 4.69) is 80.9 Å². The van der Waals surface area contributed by atoms with Crippen LogP contribution in [0.3, 0.4) is 0 Å². The van der Waals surface area contributed by atoms with E-state index in [0.717, 1.165) is 101 Å². The summed E-state index contributed by atoms with van der Waals surface area (Å²) in [6.45, 7) is 2.91. The van der Waals surface area contributed by atoms with Gasteiger partial charge in [-0.15, -0.1) is 0 Å². The minimum Gasteiger partial charge on any atom is -0.385 e. The van der Waals surface area contributed by atoms with E-state index >= 15 is 0 Å². The molecule has 0 radical (unpaired) electrons. The Labute approximate surface area is 319 Å². The Kier molecular flexibility index (Phi) is 9.35. The lowest BCUT2D eigenvalue weighted by Crippen LogP contribution is -2.30. The highest BCUT2D eigenvalue weighted by molar-refractivity contribution is 5.48. The van der Waals surface area contributed by atoms with Gasteiger partial charge in [0.05, 0.1) is 0 Å². The van der Waals surface area contributed by atoms with Gasteiger partial charge in [-0.05, 0) is 125 Å². The average molecular weight is 731 g/mol. The molecule has 10 heteroatoms. The number of nitrogens with two attached hydrogens (primary N) is 1. The van der Waals surface area contributed by atoms with Crippen LogP contribution in [0.1, 0.15) is 142 Å². The molecule has 2 heterocycles. The maximum Gasteiger partial charge on any atom is 0.229 e. The third kappa shape index (κ3) is 7.63. The number of hydrogen-bond acceptors (Lipinski definition) is 10. The maximum atomic E-state index is 6.10. The van der Waals surface area contributed by atoms with Gasteiger partial charge in [0.1, 0.15) is 0 Å². The highest BCUT2D eigenvalue weighted by atomic mass is 16.5. The van der Waals surface area contributed by atoms with E-state index in [-0.39, 0.29) is 10.8 Å². The molecule has 0 aliphatic heterocycles. The second kappa shape index (κ2) is 14.5. The van der Waals surface area contributed by atoms with Gasteiger partial charge in [0.15, 0.2) is 11.6 Å². The monoisotopic (exact) mass is 730 g/mol. The van der Waals surface area contributed by atoms with Crippen molar-refractivity contribution in [3.63, 3.8) is 0 Å². The number of nitrogens with one attached hydrogen (secondary N) is 3. The molecule has 4 aromatic rings. The lowest BCUT2D eigenvalue weighted by Gasteiger charge is -2.27. The Morgan fingerprint density at radius 3 is 2.00 bits per heavy atom. The van der Waals surface area contributed by atoms with E-state index in [9.17, 15) is 0 Å². The second-order valence-electron chi connectivity index (χ2n) is 18.3. The molecule has 0 bridgehead atoms. The van der Waals surface area contributed by atoms with Crippen molar-refractivity contribution < 1.29 is 9.05 Å². The van der Waals surface area contributed by atoms with Crippen molar-refractivity contribution in [1.82, 2.24) is 30.9 Å². The Morgan fingerprint density at radius 2 is 1.30 bits per heavy atom. The van der Waals surface area contributed by atoms with Gasteiger partial charge in [-0.25, -0.2) is 0 Å². The van der Waals surface area contributed by atoms with Gasteiger partial charge in [0, 0.05) is 78.5 Å². The predicted molar refractivity (Wildman–Crippen MR) is 208 cm³/mol. The van der Waals surface area contributed by atoms with Crippen LogP contribution in [0.2, 0.25) is 0 Å². The van der Waals surface area contributed by atoms with Crippen molar-refractivity contribution in [2.75, 3.05) is 25.0 Å². The van der Waals surface area contributed by atoms with E-state index in [0.29, 0.717) is 47.7 Å². The fraction of sp³-hybridized carbons (Fsp3) is 0.636. The third-order valence-corrected chi connectivity index (χ3v) is 14.2. The summed E-state index contributed by atoms with van der Waals surface area (Å²) in [5.41, 5.74) is 10.4. The van der Waals surface area contributed by atoms with Crippen LogP contribution in [0.4, 0.5) is 5.69 Å². The minimum absolute atomic E-state index is 0.0534. The first-order valence-electron chi connectivity index (χ1n) is 21.3. The smallest absolute Gasteiger partial charge is 0.229 e. The molecule has 6 aliphatic carbocycles. The van der Waals surface area contributed by atoms with Crippen LogP contribution in [0.15, 0.2) is 63.6 Å². The SMILES string of the molecule is NC1CCC(Cc2nc(C3(CN[C@@H]4C[C@H]4c4cccc(NCC5CCC(c6nc(C7(CN[C@@H]8C[C@H]8c8ccccc8)CC7)no6)CC5)c4)CC3)no2)CC1. The van der Waals surface area contributed by atoms with Crippen molar-refractivity contribution in [1.29, 1.82) is 0 Å². The van der Waals surface area contributed by atoms with Gasteiger partial charge in [-0.2, -0.15) is 9.97 Å². The number of nitrogens with zero attached hydrogens (tertiary/aromatic N) is 4. The van der Waals surface area contributed by atoms with Gasteiger partial charge in [-0.3, -0.25) is 0 Å². The molecule has 2 aromatic heterocycles. The molecule has 0 saturated heterocycles. The first-order valence-corrected chi connectivity index (χ1v) is 21.3. The maximum absolute atomic E-state index is 6.10. The van der Waals surface area contributed by atoms with Crippen LogP contribution in [0, 0.1) is 11.8 Å². The lowest BCUT2D eigenvalue weighted by atomic mass is 9.82. The number of aromatic nitrogens is 4. The van der Waals surface area contributed by atoms with Crippen LogP contribution in [-0.4, -0.2) is 58.0 Å². The van der Waals surface area contributed by atoms with E-state index < -0.39 is 0 Å². The minimum atomic E-state index is 0.0534. The second-order valence-corrected chi connectivity index (χ2v) is 18.3. The van der Waals surface area contributed by atoms with Crippen LogP contribution >= 0.6 is 0 Å². The summed E-state index contributed by atoms with van der Waals surface area (Å²) >= 11 is 0. The van der Waals surface area contributed by atoms with Crippen molar-refractivity contribution in [3.05, 3.63) is 89.2 Å². The first kappa shape index (κ1) is 34.9. The van der Waals surface area contributed by atoms with Crippen molar-refractivity contribution >= 4 is 5.69 Å². The molecule has 0 amide bonds. The standard InChI is InChI=1S/C44H58N8O2/c45-33-15-11-28(12-16-33)21-39-49-41(51-53-39)43(17-18-43)26-48-38-24-36(38)32-7-4-8-34(22-32)46-25-29-9-13-31(14-10-29)40-50-42(52-54-40)44(19-20-44)27-47-37-23-35(37)30-5-2-1-3-6-30/h1-8,22,28-29,31,33,35-38,46-48H,9-21,23-27,45H2/t28?,29?,31?,33?,35-,36-,37+,38+/m0/s1.